The monoisotopic (exact) mass is 210 g/mol. The van der Waals surface area contributed by atoms with Crippen LogP contribution in [0.3, 0.4) is 0 Å². The van der Waals surface area contributed by atoms with Crippen molar-refractivity contribution < 1.29 is 14.4 Å². The molecule has 0 spiro atoms. The molecule has 0 aromatic carbocycles. The molecule has 3 heteroatoms. The lowest BCUT2D eigenvalue weighted by Gasteiger charge is -2.20. The van der Waals surface area contributed by atoms with E-state index in [1.165, 1.54) is 39.3 Å². The van der Waals surface area contributed by atoms with Crippen molar-refractivity contribution in [1.29, 1.82) is 0 Å². The van der Waals surface area contributed by atoms with Crippen LogP contribution in [0, 0.1) is 11.8 Å². The molecule has 3 nitrogen and oxygen atoms in total. The van der Waals surface area contributed by atoms with Crippen LogP contribution in [0.2, 0.25) is 0 Å². The van der Waals surface area contributed by atoms with Crippen LogP contribution in [0.1, 0.15) is 32.6 Å². The van der Waals surface area contributed by atoms with E-state index in [-0.39, 0.29) is 5.97 Å². The van der Waals surface area contributed by atoms with E-state index < -0.39 is 0 Å². The first-order chi connectivity index (χ1) is 7.29. The number of carbonyl (C=O) groups is 1. The Morgan fingerprint density at radius 1 is 1.27 bits per heavy atom. The largest absolute Gasteiger partial charge is 0.465 e. The molecule has 1 aliphatic heterocycles. The van der Waals surface area contributed by atoms with E-state index in [0.29, 0.717) is 13.0 Å². The molecule has 1 fully saturated rings. The smallest absolute Gasteiger partial charge is 0.302 e. The Bertz CT molecular complexity index is 246. The maximum absolute atomic E-state index is 10.4. The molecule has 15 heavy (non-hydrogen) atoms. The summed E-state index contributed by atoms with van der Waals surface area (Å²) in [6.45, 7) is 5.32. The lowest BCUT2D eigenvalue weighted by atomic mass is 10.1. The van der Waals surface area contributed by atoms with Crippen LogP contribution in [-0.4, -0.2) is 32.2 Å². The molecule has 0 bridgehead atoms. The third kappa shape index (κ3) is 6.14. The normalized spacial score (nSPS) is 16.6. The molecular weight excluding hydrogens is 190 g/mol. The number of ether oxygens (including phenoxy) is 1. The summed E-state index contributed by atoms with van der Waals surface area (Å²) in [7, 11) is 0. The summed E-state index contributed by atoms with van der Waals surface area (Å²) >= 11 is 0. The minimum absolute atomic E-state index is 0.224. The van der Waals surface area contributed by atoms with Gasteiger partial charge in [0, 0.05) is 13.3 Å². The van der Waals surface area contributed by atoms with Gasteiger partial charge in [0.2, 0.25) is 0 Å². The van der Waals surface area contributed by atoms with Gasteiger partial charge in [0.1, 0.15) is 13.2 Å². The standard InChI is InChI=1S/C12H19NO2/c1-12(14)15-11-7-3-6-10-13-8-4-2-5-9-13/h2,4-5,7-11H2,1H3/p+1. The summed E-state index contributed by atoms with van der Waals surface area (Å²) in [5, 5.41) is 0. The van der Waals surface area contributed by atoms with Crippen molar-refractivity contribution >= 4 is 5.97 Å². The van der Waals surface area contributed by atoms with Crippen molar-refractivity contribution in [3.8, 4) is 11.8 Å². The van der Waals surface area contributed by atoms with E-state index in [9.17, 15) is 4.79 Å². The Labute approximate surface area is 91.8 Å². The van der Waals surface area contributed by atoms with Crippen molar-refractivity contribution in [2.75, 3.05) is 26.2 Å². The highest BCUT2D eigenvalue weighted by Gasteiger charge is 2.10. The fraction of sp³-hybridized carbons (Fsp3) is 0.750. The highest BCUT2D eigenvalue weighted by molar-refractivity contribution is 5.65. The van der Waals surface area contributed by atoms with Crippen molar-refractivity contribution in [3.63, 3.8) is 0 Å². The van der Waals surface area contributed by atoms with Crippen LogP contribution in [0.4, 0.5) is 0 Å². The van der Waals surface area contributed by atoms with Gasteiger partial charge in [-0.1, -0.05) is 5.92 Å². The molecule has 1 rings (SSSR count). The zero-order valence-electron chi connectivity index (χ0n) is 9.47. The van der Waals surface area contributed by atoms with Crippen LogP contribution in [0.25, 0.3) is 0 Å². The van der Waals surface area contributed by atoms with Crippen molar-refractivity contribution in [2.24, 2.45) is 0 Å². The van der Waals surface area contributed by atoms with Gasteiger partial charge in [-0.2, -0.15) is 0 Å². The summed E-state index contributed by atoms with van der Waals surface area (Å²) in [6.07, 6.45) is 4.71. The highest BCUT2D eigenvalue weighted by atomic mass is 16.5. The first-order valence-corrected chi connectivity index (χ1v) is 5.71. The van der Waals surface area contributed by atoms with Gasteiger partial charge in [-0.3, -0.25) is 4.79 Å². The molecule has 0 aromatic rings. The summed E-state index contributed by atoms with van der Waals surface area (Å²) < 4.78 is 4.79. The number of esters is 1. The maximum atomic E-state index is 10.4. The molecule has 0 amide bonds. The Balaban J connectivity index is 2.02. The predicted molar refractivity (Wildman–Crippen MR) is 58.4 cm³/mol. The zero-order valence-corrected chi connectivity index (χ0v) is 9.47. The van der Waals surface area contributed by atoms with Crippen LogP contribution >= 0.6 is 0 Å². The van der Waals surface area contributed by atoms with Crippen molar-refractivity contribution in [2.45, 2.75) is 32.6 Å². The molecule has 1 heterocycles. The van der Waals surface area contributed by atoms with E-state index in [2.05, 4.69) is 11.8 Å². The number of nitrogens with one attached hydrogen (secondary N) is 1. The summed E-state index contributed by atoms with van der Waals surface area (Å²) in [5.41, 5.74) is 0. The van der Waals surface area contributed by atoms with E-state index in [4.69, 9.17) is 4.74 Å². The SMILES string of the molecule is CC(=O)OCCC#CC[NH+]1CCCCC1. The van der Waals surface area contributed by atoms with Gasteiger partial charge in [-0.15, -0.1) is 0 Å². The van der Waals surface area contributed by atoms with Gasteiger partial charge in [-0.05, 0) is 25.2 Å². The number of likely N-dealkylation sites (tertiary alicyclic amines) is 1. The number of quaternary nitrogens is 1. The molecule has 1 saturated heterocycles. The first-order valence-electron chi connectivity index (χ1n) is 5.71. The molecule has 1 N–H and O–H groups in total. The number of hydrogen-bond donors (Lipinski definition) is 1. The Morgan fingerprint density at radius 2 is 2.00 bits per heavy atom. The van der Waals surface area contributed by atoms with E-state index in [1.54, 1.807) is 4.90 Å². The third-order valence-electron chi connectivity index (χ3n) is 2.56. The second kappa shape index (κ2) is 7.30. The maximum Gasteiger partial charge on any atom is 0.302 e. The lowest BCUT2D eigenvalue weighted by molar-refractivity contribution is -0.897. The molecule has 1 aliphatic rings. The average Bonchev–Trinajstić information content (AvgIpc) is 2.24. The molecule has 0 aliphatic carbocycles. The van der Waals surface area contributed by atoms with Crippen molar-refractivity contribution in [1.82, 2.24) is 0 Å². The van der Waals surface area contributed by atoms with Gasteiger partial charge in [0.25, 0.3) is 0 Å². The van der Waals surface area contributed by atoms with Crippen molar-refractivity contribution in [3.05, 3.63) is 0 Å². The Kier molecular flexibility index (Phi) is 5.87. The molecule has 0 radical (unpaired) electrons. The van der Waals surface area contributed by atoms with Gasteiger partial charge in [0.15, 0.2) is 0 Å². The van der Waals surface area contributed by atoms with Gasteiger partial charge in [-0.25, -0.2) is 0 Å². The Morgan fingerprint density at radius 3 is 2.67 bits per heavy atom. The van der Waals surface area contributed by atoms with E-state index >= 15 is 0 Å². The quantitative estimate of drug-likeness (QED) is 0.404. The first kappa shape index (κ1) is 12.1. The predicted octanol–water partition coefficient (Wildman–Crippen LogP) is 0.0118. The number of piperidine rings is 1. The average molecular weight is 210 g/mol. The molecular formula is C12H20NO2+. The van der Waals surface area contributed by atoms with Crippen LogP contribution in [-0.2, 0) is 9.53 Å². The Hall–Kier alpha value is -1.01. The number of carbonyl (C=O) groups excluding carboxylic acids is 1. The fourth-order valence-corrected chi connectivity index (χ4v) is 1.75. The van der Waals surface area contributed by atoms with E-state index in [0.717, 1.165) is 6.54 Å². The second-order valence-corrected chi connectivity index (χ2v) is 3.93. The van der Waals surface area contributed by atoms with E-state index in [1.807, 2.05) is 0 Å². The molecule has 0 unspecified atom stereocenters. The fourth-order valence-electron chi connectivity index (χ4n) is 1.75. The summed E-state index contributed by atoms with van der Waals surface area (Å²) in [4.78, 5) is 12.0. The minimum Gasteiger partial charge on any atom is -0.465 e. The topological polar surface area (TPSA) is 30.7 Å². The van der Waals surface area contributed by atoms with Gasteiger partial charge >= 0.3 is 5.97 Å². The molecule has 0 saturated carbocycles. The molecule has 0 atom stereocenters. The van der Waals surface area contributed by atoms with Gasteiger partial charge < -0.3 is 9.64 Å². The summed E-state index contributed by atoms with van der Waals surface area (Å²) in [5.74, 6) is 5.97. The van der Waals surface area contributed by atoms with Crippen LogP contribution < -0.4 is 4.90 Å². The third-order valence-corrected chi connectivity index (χ3v) is 2.56. The molecule has 84 valence electrons. The minimum atomic E-state index is -0.224. The van der Waals surface area contributed by atoms with Crippen LogP contribution in [0.15, 0.2) is 0 Å². The number of hydrogen-bond acceptors (Lipinski definition) is 2. The second-order valence-electron chi connectivity index (χ2n) is 3.93. The zero-order chi connectivity index (χ0) is 10.9. The lowest BCUT2D eigenvalue weighted by Crippen LogP contribution is -3.12. The number of rotatable bonds is 3. The summed E-state index contributed by atoms with van der Waals surface area (Å²) in [6, 6.07) is 0. The highest BCUT2D eigenvalue weighted by Crippen LogP contribution is 1.93. The van der Waals surface area contributed by atoms with Crippen LogP contribution in [0.5, 0.6) is 0 Å². The molecule has 0 aromatic heterocycles. The van der Waals surface area contributed by atoms with Gasteiger partial charge in [0.05, 0.1) is 13.1 Å².